The van der Waals surface area contributed by atoms with Crippen molar-refractivity contribution in [2.24, 2.45) is 0 Å². The molecule has 1 aliphatic rings. The number of carboxylic acid groups (broad SMARTS) is 1. The van der Waals surface area contributed by atoms with Crippen molar-refractivity contribution in [1.82, 2.24) is 4.90 Å². The Labute approximate surface area is 86.1 Å². The topological polar surface area (TPSA) is 40.5 Å². The quantitative estimate of drug-likeness (QED) is 0.737. The van der Waals surface area contributed by atoms with Gasteiger partial charge in [0.05, 0.1) is 0 Å². The van der Waals surface area contributed by atoms with Crippen LogP contribution in [0.25, 0.3) is 0 Å². The fraction of sp³-hybridized carbons (Fsp3) is 0.909. The normalized spacial score (nSPS) is 25.1. The van der Waals surface area contributed by atoms with Gasteiger partial charge in [-0.25, -0.2) is 0 Å². The second-order valence-electron chi connectivity index (χ2n) is 4.08. The molecule has 0 saturated carbocycles. The van der Waals surface area contributed by atoms with Gasteiger partial charge in [-0.2, -0.15) is 0 Å². The molecule has 82 valence electrons. The highest BCUT2D eigenvalue weighted by molar-refractivity contribution is 5.73. The predicted molar refractivity (Wildman–Crippen MR) is 56.4 cm³/mol. The van der Waals surface area contributed by atoms with E-state index < -0.39 is 5.97 Å². The molecular weight excluding hydrogens is 178 g/mol. The Hall–Kier alpha value is -0.570. The number of rotatable bonds is 5. The fourth-order valence-electron chi connectivity index (χ4n) is 2.46. The van der Waals surface area contributed by atoms with E-state index in [4.69, 9.17) is 5.11 Å². The maximum Gasteiger partial charge on any atom is 0.320 e. The first-order valence-electron chi connectivity index (χ1n) is 5.69. The van der Waals surface area contributed by atoms with Crippen molar-refractivity contribution in [2.45, 2.75) is 58.0 Å². The third kappa shape index (κ3) is 2.47. The van der Waals surface area contributed by atoms with Crippen molar-refractivity contribution < 1.29 is 9.90 Å². The van der Waals surface area contributed by atoms with E-state index in [2.05, 4.69) is 11.8 Å². The van der Waals surface area contributed by atoms with Crippen LogP contribution >= 0.6 is 0 Å². The van der Waals surface area contributed by atoms with Gasteiger partial charge in [-0.3, -0.25) is 9.69 Å². The summed E-state index contributed by atoms with van der Waals surface area (Å²) in [6.45, 7) is 5.09. The smallest absolute Gasteiger partial charge is 0.320 e. The minimum atomic E-state index is -0.657. The molecule has 14 heavy (non-hydrogen) atoms. The zero-order valence-electron chi connectivity index (χ0n) is 9.20. The number of carbonyl (C=O) groups is 1. The van der Waals surface area contributed by atoms with E-state index >= 15 is 0 Å². The minimum absolute atomic E-state index is 0.256. The van der Waals surface area contributed by atoms with Crippen molar-refractivity contribution in [3.05, 3.63) is 0 Å². The van der Waals surface area contributed by atoms with Crippen molar-refractivity contribution in [3.8, 4) is 0 Å². The first-order valence-corrected chi connectivity index (χ1v) is 5.69. The molecule has 1 heterocycles. The Morgan fingerprint density at radius 2 is 2.29 bits per heavy atom. The average molecular weight is 199 g/mol. The van der Waals surface area contributed by atoms with Crippen molar-refractivity contribution >= 4 is 5.97 Å². The number of hydrogen-bond donors (Lipinski definition) is 1. The van der Waals surface area contributed by atoms with Gasteiger partial charge >= 0.3 is 5.97 Å². The Morgan fingerprint density at radius 3 is 2.79 bits per heavy atom. The summed E-state index contributed by atoms with van der Waals surface area (Å²) in [5.74, 6) is -0.657. The fourth-order valence-corrected chi connectivity index (χ4v) is 2.46. The van der Waals surface area contributed by atoms with Crippen LogP contribution in [0.3, 0.4) is 0 Å². The highest BCUT2D eigenvalue weighted by Gasteiger charge is 2.32. The Morgan fingerprint density at radius 1 is 1.57 bits per heavy atom. The van der Waals surface area contributed by atoms with Gasteiger partial charge in [-0.1, -0.05) is 20.3 Å². The van der Waals surface area contributed by atoms with E-state index in [0.717, 1.165) is 32.2 Å². The molecule has 1 fully saturated rings. The van der Waals surface area contributed by atoms with E-state index in [-0.39, 0.29) is 6.04 Å². The van der Waals surface area contributed by atoms with Crippen molar-refractivity contribution in [2.75, 3.05) is 6.54 Å². The van der Waals surface area contributed by atoms with Gasteiger partial charge in [0, 0.05) is 6.04 Å². The predicted octanol–water partition coefficient (Wildman–Crippen LogP) is 2.11. The summed E-state index contributed by atoms with van der Waals surface area (Å²) in [5.41, 5.74) is 0. The van der Waals surface area contributed by atoms with Crippen LogP contribution in [0.5, 0.6) is 0 Å². The molecule has 1 N–H and O–H groups in total. The second-order valence-corrected chi connectivity index (χ2v) is 4.08. The first kappa shape index (κ1) is 11.5. The number of aliphatic carboxylic acids is 1. The number of carboxylic acids is 1. The van der Waals surface area contributed by atoms with Gasteiger partial charge in [0.15, 0.2) is 0 Å². The molecule has 1 rings (SSSR count). The molecule has 0 aliphatic carbocycles. The Balaban J connectivity index is 2.59. The van der Waals surface area contributed by atoms with Gasteiger partial charge in [-0.05, 0) is 32.2 Å². The van der Waals surface area contributed by atoms with E-state index in [9.17, 15) is 4.79 Å². The van der Waals surface area contributed by atoms with E-state index in [1.54, 1.807) is 0 Å². The lowest BCUT2D eigenvalue weighted by Gasteiger charge is -2.29. The van der Waals surface area contributed by atoms with Gasteiger partial charge in [0.2, 0.25) is 0 Å². The van der Waals surface area contributed by atoms with Gasteiger partial charge < -0.3 is 5.11 Å². The van der Waals surface area contributed by atoms with Crippen LogP contribution in [0, 0.1) is 0 Å². The van der Waals surface area contributed by atoms with Crippen LogP contribution in [0.4, 0.5) is 0 Å². The summed E-state index contributed by atoms with van der Waals surface area (Å²) in [4.78, 5) is 13.2. The lowest BCUT2D eigenvalue weighted by molar-refractivity contribution is -0.143. The molecule has 0 spiro atoms. The zero-order valence-corrected chi connectivity index (χ0v) is 9.20. The zero-order chi connectivity index (χ0) is 10.6. The lowest BCUT2D eigenvalue weighted by atomic mass is 10.1. The third-order valence-electron chi connectivity index (χ3n) is 3.12. The molecule has 3 heteroatoms. The number of nitrogens with zero attached hydrogens (tertiary/aromatic N) is 1. The highest BCUT2D eigenvalue weighted by Crippen LogP contribution is 2.24. The Bertz CT molecular complexity index is 194. The number of hydrogen-bond acceptors (Lipinski definition) is 2. The average Bonchev–Trinajstić information content (AvgIpc) is 2.55. The van der Waals surface area contributed by atoms with E-state index in [0.29, 0.717) is 6.04 Å². The molecule has 0 aromatic heterocycles. The molecule has 0 aromatic carbocycles. The minimum Gasteiger partial charge on any atom is -0.480 e. The standard InChI is InChI=1S/C11H21NO2/c1-3-6-9-7-5-8-12(9)10(4-2)11(13)14/h9-10H,3-8H2,1-2H3,(H,13,14)/t9?,10-/m0/s1. The SMILES string of the molecule is CCCC1CCCN1[C@@H](CC)C(=O)O. The maximum atomic E-state index is 11.0. The third-order valence-corrected chi connectivity index (χ3v) is 3.12. The Kier molecular flexibility index (Phi) is 4.39. The summed E-state index contributed by atoms with van der Waals surface area (Å²) >= 11 is 0. The molecular formula is C11H21NO2. The molecule has 0 radical (unpaired) electrons. The van der Waals surface area contributed by atoms with Crippen LogP contribution in [0.2, 0.25) is 0 Å². The van der Waals surface area contributed by atoms with Crippen molar-refractivity contribution in [1.29, 1.82) is 0 Å². The van der Waals surface area contributed by atoms with Gasteiger partial charge in [0.25, 0.3) is 0 Å². The van der Waals surface area contributed by atoms with E-state index in [1.165, 1.54) is 6.42 Å². The largest absolute Gasteiger partial charge is 0.480 e. The summed E-state index contributed by atoms with van der Waals surface area (Å²) in [7, 11) is 0. The molecule has 1 aliphatic heterocycles. The molecule has 1 saturated heterocycles. The molecule has 2 atom stereocenters. The molecule has 0 aromatic rings. The van der Waals surface area contributed by atoms with Gasteiger partial charge in [-0.15, -0.1) is 0 Å². The molecule has 1 unspecified atom stereocenters. The van der Waals surface area contributed by atoms with Crippen LogP contribution in [0.1, 0.15) is 46.0 Å². The monoisotopic (exact) mass is 199 g/mol. The summed E-state index contributed by atoms with van der Waals surface area (Å²) in [5, 5.41) is 9.08. The molecule has 3 nitrogen and oxygen atoms in total. The summed E-state index contributed by atoms with van der Waals surface area (Å²) in [6.07, 6.45) is 5.35. The lowest BCUT2D eigenvalue weighted by Crippen LogP contribution is -2.43. The van der Waals surface area contributed by atoms with E-state index in [1.807, 2.05) is 6.92 Å². The maximum absolute atomic E-state index is 11.0. The number of likely N-dealkylation sites (tertiary alicyclic amines) is 1. The first-order chi connectivity index (χ1) is 6.70. The molecule has 0 amide bonds. The summed E-state index contributed by atoms with van der Waals surface area (Å²) < 4.78 is 0. The van der Waals surface area contributed by atoms with Crippen molar-refractivity contribution in [3.63, 3.8) is 0 Å². The van der Waals surface area contributed by atoms with Crippen LogP contribution in [-0.4, -0.2) is 34.6 Å². The van der Waals surface area contributed by atoms with Crippen LogP contribution in [0.15, 0.2) is 0 Å². The molecule has 0 bridgehead atoms. The van der Waals surface area contributed by atoms with Gasteiger partial charge in [0.1, 0.15) is 6.04 Å². The highest BCUT2D eigenvalue weighted by atomic mass is 16.4. The van der Waals surface area contributed by atoms with Crippen LogP contribution in [-0.2, 0) is 4.79 Å². The summed E-state index contributed by atoms with van der Waals surface area (Å²) in [6, 6.07) is 0.259. The van der Waals surface area contributed by atoms with Crippen LogP contribution < -0.4 is 0 Å². The second kappa shape index (κ2) is 5.35.